The maximum atomic E-state index is 11.9. The number of nitrogens with zero attached hydrogens (tertiary/aromatic N) is 4. The van der Waals surface area contributed by atoms with Crippen LogP contribution in [0.15, 0.2) is 57.1 Å². The number of aryl methyl sites for hydroxylation is 1. The zero-order valence-electron chi connectivity index (χ0n) is 13.8. The Morgan fingerprint density at radius 3 is 2.80 bits per heavy atom. The largest absolute Gasteiger partial charge is 0.460 e. The number of carbonyl (C=O) groups excluding carboxylic acids is 1. The highest BCUT2D eigenvalue weighted by atomic mass is 32.2. The molecular formula is C17H17N5O2S. The molecule has 1 N–H and O–H groups in total. The number of carbonyl (C=O) groups is 1. The van der Waals surface area contributed by atoms with Gasteiger partial charge in [-0.05, 0) is 19.1 Å². The Bertz CT molecular complexity index is 886. The van der Waals surface area contributed by atoms with Crippen molar-refractivity contribution in [1.82, 2.24) is 20.2 Å². The van der Waals surface area contributed by atoms with Crippen molar-refractivity contribution in [2.75, 3.05) is 5.75 Å². The van der Waals surface area contributed by atoms with E-state index in [-0.39, 0.29) is 11.7 Å². The number of benzene rings is 1. The smallest absolute Gasteiger partial charge is 0.250 e. The van der Waals surface area contributed by atoms with Gasteiger partial charge in [0.15, 0.2) is 11.0 Å². The Labute approximate surface area is 149 Å². The van der Waals surface area contributed by atoms with E-state index in [0.717, 1.165) is 17.1 Å². The Morgan fingerprint density at radius 1 is 1.28 bits per heavy atom. The summed E-state index contributed by atoms with van der Waals surface area (Å²) < 4.78 is 7.19. The van der Waals surface area contributed by atoms with Gasteiger partial charge in [-0.25, -0.2) is 5.43 Å². The first kappa shape index (κ1) is 17.0. The van der Waals surface area contributed by atoms with Gasteiger partial charge in [-0.2, -0.15) is 5.10 Å². The molecule has 25 heavy (non-hydrogen) atoms. The molecule has 0 unspecified atom stereocenters. The van der Waals surface area contributed by atoms with Crippen molar-refractivity contribution in [1.29, 1.82) is 0 Å². The second-order valence-electron chi connectivity index (χ2n) is 5.26. The molecule has 128 valence electrons. The lowest BCUT2D eigenvalue weighted by atomic mass is 10.2. The number of hydrogen-bond donors (Lipinski definition) is 1. The molecule has 0 aliphatic carbocycles. The van der Waals surface area contributed by atoms with Crippen molar-refractivity contribution in [2.24, 2.45) is 12.1 Å². The second-order valence-corrected chi connectivity index (χ2v) is 6.20. The highest BCUT2D eigenvalue weighted by molar-refractivity contribution is 7.99. The van der Waals surface area contributed by atoms with Crippen LogP contribution >= 0.6 is 11.8 Å². The van der Waals surface area contributed by atoms with Crippen molar-refractivity contribution in [3.8, 4) is 11.4 Å². The predicted molar refractivity (Wildman–Crippen MR) is 96.3 cm³/mol. The highest BCUT2D eigenvalue weighted by Gasteiger charge is 2.12. The minimum Gasteiger partial charge on any atom is -0.460 e. The molecule has 2 aromatic heterocycles. The van der Waals surface area contributed by atoms with Gasteiger partial charge in [0.2, 0.25) is 0 Å². The number of amides is 1. The topological polar surface area (TPSA) is 85.3 Å². The predicted octanol–water partition coefficient (Wildman–Crippen LogP) is 2.63. The van der Waals surface area contributed by atoms with E-state index >= 15 is 0 Å². The summed E-state index contributed by atoms with van der Waals surface area (Å²) in [6.45, 7) is 1.84. The van der Waals surface area contributed by atoms with E-state index in [0.29, 0.717) is 10.9 Å². The van der Waals surface area contributed by atoms with Crippen LogP contribution in [-0.2, 0) is 11.8 Å². The first-order valence-electron chi connectivity index (χ1n) is 7.59. The van der Waals surface area contributed by atoms with E-state index in [9.17, 15) is 4.79 Å². The van der Waals surface area contributed by atoms with Crippen LogP contribution in [0.3, 0.4) is 0 Å². The molecule has 0 bridgehead atoms. The molecule has 3 aromatic rings. The number of aromatic nitrogens is 3. The molecule has 0 fully saturated rings. The molecule has 7 nitrogen and oxygen atoms in total. The summed E-state index contributed by atoms with van der Waals surface area (Å²) >= 11 is 1.30. The minimum absolute atomic E-state index is 0.190. The Balaban J connectivity index is 1.54. The summed E-state index contributed by atoms with van der Waals surface area (Å²) in [7, 11) is 1.87. The second kappa shape index (κ2) is 7.80. The lowest BCUT2D eigenvalue weighted by molar-refractivity contribution is -0.118. The van der Waals surface area contributed by atoms with Crippen LogP contribution < -0.4 is 5.43 Å². The lowest BCUT2D eigenvalue weighted by Gasteiger charge is -2.03. The fourth-order valence-corrected chi connectivity index (χ4v) is 2.84. The van der Waals surface area contributed by atoms with E-state index in [1.165, 1.54) is 18.0 Å². The molecule has 1 aromatic carbocycles. The van der Waals surface area contributed by atoms with Crippen LogP contribution in [0.1, 0.15) is 11.5 Å². The van der Waals surface area contributed by atoms with E-state index in [1.54, 1.807) is 6.07 Å². The van der Waals surface area contributed by atoms with E-state index < -0.39 is 0 Å². The minimum atomic E-state index is -0.228. The summed E-state index contributed by atoms with van der Waals surface area (Å²) in [5, 5.41) is 12.9. The number of nitrogens with one attached hydrogen (secondary N) is 1. The highest BCUT2D eigenvalue weighted by Crippen LogP contribution is 2.22. The van der Waals surface area contributed by atoms with Crippen LogP contribution in [0.4, 0.5) is 0 Å². The monoisotopic (exact) mass is 355 g/mol. The molecule has 0 saturated heterocycles. The van der Waals surface area contributed by atoms with Crippen LogP contribution in [0, 0.1) is 6.92 Å². The van der Waals surface area contributed by atoms with Crippen LogP contribution in [-0.4, -0.2) is 32.6 Å². The quantitative estimate of drug-likeness (QED) is 0.417. The van der Waals surface area contributed by atoms with Crippen LogP contribution in [0.5, 0.6) is 0 Å². The SMILES string of the molecule is Cc1ccc(C=NNC(=O)CSc2nnc(-c3ccccc3)n2C)o1. The normalized spacial score (nSPS) is 11.1. The van der Waals surface area contributed by atoms with Gasteiger partial charge in [0.25, 0.3) is 5.91 Å². The molecule has 0 spiro atoms. The summed E-state index contributed by atoms with van der Waals surface area (Å²) in [6.07, 6.45) is 1.46. The molecule has 3 rings (SSSR count). The fraction of sp³-hybridized carbons (Fsp3) is 0.176. The molecule has 1 amide bonds. The standard InChI is InChI=1S/C17H17N5O2S/c1-12-8-9-14(24-12)10-18-19-15(23)11-25-17-21-20-16(22(17)2)13-6-4-3-5-7-13/h3-10H,11H2,1-2H3,(H,19,23). The third kappa shape index (κ3) is 4.36. The van der Waals surface area contributed by atoms with Gasteiger partial charge in [0, 0.05) is 12.6 Å². The van der Waals surface area contributed by atoms with Crippen LogP contribution in [0.25, 0.3) is 11.4 Å². The van der Waals surface area contributed by atoms with Crippen molar-refractivity contribution in [3.05, 3.63) is 54.0 Å². The van der Waals surface area contributed by atoms with E-state index in [4.69, 9.17) is 4.42 Å². The molecule has 0 radical (unpaired) electrons. The number of thioether (sulfide) groups is 1. The Kier molecular flexibility index (Phi) is 5.30. The molecule has 0 aliphatic rings. The zero-order valence-corrected chi connectivity index (χ0v) is 14.7. The molecular weight excluding hydrogens is 338 g/mol. The molecule has 0 aliphatic heterocycles. The maximum Gasteiger partial charge on any atom is 0.250 e. The van der Waals surface area contributed by atoms with E-state index in [2.05, 4.69) is 20.7 Å². The van der Waals surface area contributed by atoms with Crippen LogP contribution in [0.2, 0.25) is 0 Å². The average molecular weight is 355 g/mol. The van der Waals surface area contributed by atoms with Gasteiger partial charge < -0.3 is 8.98 Å². The third-order valence-corrected chi connectivity index (χ3v) is 4.36. The number of hydrogen-bond acceptors (Lipinski definition) is 6. The van der Waals surface area contributed by atoms with Gasteiger partial charge in [0.05, 0.1) is 12.0 Å². The van der Waals surface area contributed by atoms with Gasteiger partial charge in [-0.15, -0.1) is 10.2 Å². The first-order chi connectivity index (χ1) is 12.1. The van der Waals surface area contributed by atoms with Crippen molar-refractivity contribution >= 4 is 23.9 Å². The maximum absolute atomic E-state index is 11.9. The lowest BCUT2D eigenvalue weighted by Crippen LogP contribution is -2.19. The average Bonchev–Trinajstić information content (AvgIpc) is 3.19. The van der Waals surface area contributed by atoms with Crippen molar-refractivity contribution in [2.45, 2.75) is 12.1 Å². The Morgan fingerprint density at radius 2 is 2.08 bits per heavy atom. The number of furan rings is 1. The van der Waals surface area contributed by atoms with Gasteiger partial charge >= 0.3 is 0 Å². The Hall–Kier alpha value is -2.87. The molecule has 0 atom stereocenters. The third-order valence-electron chi connectivity index (χ3n) is 3.34. The summed E-state index contributed by atoms with van der Waals surface area (Å²) in [5.41, 5.74) is 3.44. The van der Waals surface area contributed by atoms with Gasteiger partial charge in [0.1, 0.15) is 11.5 Å². The van der Waals surface area contributed by atoms with E-state index in [1.807, 2.05) is 54.9 Å². The number of rotatable bonds is 6. The van der Waals surface area contributed by atoms with Gasteiger partial charge in [-0.3, -0.25) is 4.79 Å². The number of hydrazone groups is 1. The summed E-state index contributed by atoms with van der Waals surface area (Å²) in [4.78, 5) is 11.9. The summed E-state index contributed by atoms with van der Waals surface area (Å²) in [6, 6.07) is 13.4. The summed E-state index contributed by atoms with van der Waals surface area (Å²) in [5.74, 6) is 2.10. The van der Waals surface area contributed by atoms with Crippen molar-refractivity contribution in [3.63, 3.8) is 0 Å². The molecule has 0 saturated carbocycles. The molecule has 8 heteroatoms. The fourth-order valence-electron chi connectivity index (χ4n) is 2.13. The van der Waals surface area contributed by atoms with Crippen molar-refractivity contribution < 1.29 is 9.21 Å². The molecule has 2 heterocycles. The first-order valence-corrected chi connectivity index (χ1v) is 8.58. The zero-order chi connectivity index (χ0) is 17.6. The van der Waals surface area contributed by atoms with Gasteiger partial charge in [-0.1, -0.05) is 42.1 Å².